The first-order chi connectivity index (χ1) is 14.5. The van der Waals surface area contributed by atoms with Crippen LogP contribution >= 0.6 is 0 Å². The summed E-state index contributed by atoms with van der Waals surface area (Å²) in [4.78, 5) is 10.3. The zero-order valence-corrected chi connectivity index (χ0v) is 16.0. The molecule has 0 aromatic rings. The molecule has 0 aliphatic carbocycles. The van der Waals surface area contributed by atoms with E-state index in [1.165, 1.54) is 0 Å². The molecule has 2 nitrogen and oxygen atoms in total. The van der Waals surface area contributed by atoms with Crippen molar-refractivity contribution in [1.82, 2.24) is 0 Å². The van der Waals surface area contributed by atoms with E-state index in [0.29, 0.717) is 0 Å². The second-order valence-electron chi connectivity index (χ2n) is 6.80. The summed E-state index contributed by atoms with van der Waals surface area (Å²) in [6, 6.07) is 0. The normalized spacial score (nSPS) is 16.4. The van der Waals surface area contributed by atoms with Gasteiger partial charge in [0, 0.05) is 12.0 Å². The van der Waals surface area contributed by atoms with Crippen LogP contribution in [0.15, 0.2) is 12.2 Å². The lowest BCUT2D eigenvalue weighted by Crippen LogP contribution is -2.75. The van der Waals surface area contributed by atoms with E-state index < -0.39 is 84.9 Å². The maximum Gasteiger partial charge on any atom is 0.385 e. The molecule has 0 radical (unpaired) electrons. The van der Waals surface area contributed by atoms with Crippen LogP contribution in [0.3, 0.4) is 0 Å². The van der Waals surface area contributed by atoms with Crippen molar-refractivity contribution >= 4 is 5.97 Å². The molecule has 0 heterocycles. The summed E-state index contributed by atoms with van der Waals surface area (Å²) in [5, 5.41) is 8.31. The minimum absolute atomic E-state index is 0.672. The van der Waals surface area contributed by atoms with Crippen molar-refractivity contribution in [3.63, 3.8) is 0 Å². The molecule has 0 aromatic heterocycles. The minimum Gasteiger partial charge on any atom is -0.478 e. The van der Waals surface area contributed by atoms with Crippen LogP contribution in [0.5, 0.6) is 0 Å². The predicted molar refractivity (Wildman–Crippen MR) is 76.2 cm³/mol. The lowest BCUT2D eigenvalue weighted by molar-refractivity contribution is -0.455. The van der Waals surface area contributed by atoms with Gasteiger partial charge in [0.2, 0.25) is 0 Å². The Bertz CT molecular complexity index is 784. The highest BCUT2D eigenvalue weighted by atomic mass is 19.4. The van der Waals surface area contributed by atoms with Crippen LogP contribution in [0.4, 0.5) is 74.6 Å². The first-order valence-electron chi connectivity index (χ1n) is 8.10. The Morgan fingerprint density at radius 2 is 0.971 bits per heavy atom. The number of alkyl halides is 17. The number of hydrogen-bond acceptors (Lipinski definition) is 1. The monoisotopic (exact) mass is 546 g/mol. The van der Waals surface area contributed by atoms with Gasteiger partial charge in [0.25, 0.3) is 0 Å². The lowest BCUT2D eigenvalue weighted by atomic mass is 9.86. The smallest absolute Gasteiger partial charge is 0.385 e. The molecule has 1 N–H and O–H groups in total. The first kappa shape index (κ1) is 32.0. The average Bonchev–Trinajstić information content (AvgIpc) is 2.64. The number of aliphatic carboxylic acids is 1. The van der Waals surface area contributed by atoms with Crippen molar-refractivity contribution in [1.29, 1.82) is 0 Å². The zero-order chi connectivity index (χ0) is 28.1. The standard InChI is InChI=1S/C15H11F17O2/c1-5(7(33)34)3-4-8(17,18)10(21,22)12(25,26)14(29,30)15(31,32)13(27,28)11(23,24)9(19,20)6(2)16/h6H,1,3-4H2,2H3,(H,33,34). The Hall–Kier alpha value is -1.98. The Labute approximate surface area is 177 Å². The maximum atomic E-state index is 13.6. The Morgan fingerprint density at radius 1 is 0.676 bits per heavy atom. The highest BCUT2D eigenvalue weighted by molar-refractivity contribution is 5.85. The van der Waals surface area contributed by atoms with Gasteiger partial charge < -0.3 is 5.11 Å². The van der Waals surface area contributed by atoms with Gasteiger partial charge in [-0.15, -0.1) is 0 Å². The third-order valence-electron chi connectivity index (χ3n) is 4.39. The van der Waals surface area contributed by atoms with E-state index in [0.717, 1.165) is 0 Å². The molecule has 202 valence electrons. The summed E-state index contributed by atoms with van der Waals surface area (Å²) in [6.45, 7) is 1.80. The maximum absolute atomic E-state index is 13.6. The van der Waals surface area contributed by atoms with Gasteiger partial charge in [-0.2, -0.15) is 70.2 Å². The number of carbonyl (C=O) groups is 1. The molecule has 0 saturated heterocycles. The van der Waals surface area contributed by atoms with Crippen LogP contribution in [0.2, 0.25) is 0 Å². The molecule has 0 spiro atoms. The van der Waals surface area contributed by atoms with Crippen LogP contribution in [0.1, 0.15) is 19.8 Å². The van der Waals surface area contributed by atoms with Crippen LogP contribution < -0.4 is 0 Å². The lowest BCUT2D eigenvalue weighted by Gasteiger charge is -2.43. The zero-order valence-electron chi connectivity index (χ0n) is 16.0. The van der Waals surface area contributed by atoms with Crippen LogP contribution in [-0.4, -0.2) is 64.6 Å². The predicted octanol–water partition coefficient (Wildman–Crippen LogP) is 6.85. The Balaban J connectivity index is 6.65. The summed E-state index contributed by atoms with van der Waals surface area (Å²) in [5.41, 5.74) is -1.43. The summed E-state index contributed by atoms with van der Waals surface area (Å²) in [5.74, 6) is -65.6. The number of hydrogen-bond donors (Lipinski definition) is 1. The van der Waals surface area contributed by atoms with Gasteiger partial charge in [-0.1, -0.05) is 6.58 Å². The van der Waals surface area contributed by atoms with Crippen LogP contribution in [-0.2, 0) is 4.79 Å². The fourth-order valence-corrected chi connectivity index (χ4v) is 2.05. The molecule has 1 unspecified atom stereocenters. The largest absolute Gasteiger partial charge is 0.478 e. The quantitative estimate of drug-likeness (QED) is 0.215. The number of rotatable bonds is 12. The third-order valence-corrected chi connectivity index (χ3v) is 4.39. The Morgan fingerprint density at radius 3 is 1.26 bits per heavy atom. The number of halogens is 17. The summed E-state index contributed by atoms with van der Waals surface area (Å²) < 4.78 is 227. The fourth-order valence-electron chi connectivity index (χ4n) is 2.05. The molecule has 0 aliphatic rings. The van der Waals surface area contributed by atoms with Crippen molar-refractivity contribution < 1.29 is 84.5 Å². The van der Waals surface area contributed by atoms with E-state index >= 15 is 0 Å². The molecule has 34 heavy (non-hydrogen) atoms. The molecular weight excluding hydrogens is 535 g/mol. The molecule has 0 rings (SSSR count). The van der Waals surface area contributed by atoms with Crippen LogP contribution in [0, 0.1) is 0 Å². The first-order valence-corrected chi connectivity index (χ1v) is 8.10. The topological polar surface area (TPSA) is 37.3 Å². The van der Waals surface area contributed by atoms with Gasteiger partial charge in [-0.25, -0.2) is 9.18 Å². The second-order valence-corrected chi connectivity index (χ2v) is 6.80. The number of carboxylic acids is 1. The highest BCUT2D eigenvalue weighted by Crippen LogP contribution is 2.64. The van der Waals surface area contributed by atoms with Gasteiger partial charge >= 0.3 is 53.3 Å². The number of carboxylic acid groups (broad SMARTS) is 1. The van der Waals surface area contributed by atoms with Gasteiger partial charge in [-0.3, -0.25) is 0 Å². The third kappa shape index (κ3) is 4.26. The summed E-state index contributed by atoms with van der Waals surface area (Å²) in [7, 11) is 0. The van der Waals surface area contributed by atoms with Crippen LogP contribution in [0.25, 0.3) is 0 Å². The second kappa shape index (κ2) is 8.60. The van der Waals surface area contributed by atoms with Crippen molar-refractivity contribution in [3.8, 4) is 0 Å². The van der Waals surface area contributed by atoms with Crippen molar-refractivity contribution in [3.05, 3.63) is 12.2 Å². The SMILES string of the molecule is C=C(CCC(F)(F)C(F)(F)C(F)(F)C(F)(F)C(F)(F)C(F)(F)C(F)(F)C(F)(F)C(C)F)C(=O)O. The van der Waals surface area contributed by atoms with E-state index in [1.807, 2.05) is 0 Å². The molecule has 0 amide bonds. The molecule has 0 saturated carbocycles. The summed E-state index contributed by atoms with van der Waals surface area (Å²) >= 11 is 0. The summed E-state index contributed by atoms with van der Waals surface area (Å²) in [6.07, 6.45) is -9.25. The van der Waals surface area contributed by atoms with Crippen molar-refractivity contribution in [2.24, 2.45) is 0 Å². The molecular formula is C15H11F17O2. The highest BCUT2D eigenvalue weighted by Gasteiger charge is 2.95. The molecule has 0 aromatic carbocycles. The molecule has 0 fully saturated rings. The minimum atomic E-state index is -8.63. The molecule has 0 aliphatic heterocycles. The van der Waals surface area contributed by atoms with E-state index in [2.05, 4.69) is 6.58 Å². The fraction of sp³-hybridized carbons (Fsp3) is 0.800. The van der Waals surface area contributed by atoms with Crippen molar-refractivity contribution in [2.75, 3.05) is 0 Å². The van der Waals surface area contributed by atoms with E-state index in [9.17, 15) is 79.4 Å². The Kier molecular flexibility index (Phi) is 8.10. The van der Waals surface area contributed by atoms with E-state index in [1.54, 1.807) is 0 Å². The molecule has 19 heteroatoms. The van der Waals surface area contributed by atoms with Gasteiger partial charge in [-0.05, 0) is 13.3 Å². The van der Waals surface area contributed by atoms with Gasteiger partial charge in [0.05, 0.1) is 0 Å². The van der Waals surface area contributed by atoms with E-state index in [4.69, 9.17) is 5.11 Å². The average molecular weight is 546 g/mol. The van der Waals surface area contributed by atoms with E-state index in [-0.39, 0.29) is 0 Å². The molecule has 0 bridgehead atoms. The molecule has 1 atom stereocenters. The van der Waals surface area contributed by atoms with Gasteiger partial charge in [0.15, 0.2) is 6.17 Å². The van der Waals surface area contributed by atoms with Gasteiger partial charge in [0.1, 0.15) is 0 Å². The van der Waals surface area contributed by atoms with Crippen molar-refractivity contribution in [2.45, 2.75) is 73.3 Å².